The molecule has 3 rings (SSSR count). The maximum absolute atomic E-state index is 6.11. The zero-order valence-electron chi connectivity index (χ0n) is 11.2. The Morgan fingerprint density at radius 1 is 1.20 bits per heavy atom. The summed E-state index contributed by atoms with van der Waals surface area (Å²) in [5, 5.41) is 0.650. The van der Waals surface area contributed by atoms with Crippen LogP contribution in [0, 0.1) is 6.92 Å². The molecule has 102 valence electrons. The van der Waals surface area contributed by atoms with Crippen molar-refractivity contribution in [3.8, 4) is 11.4 Å². The molecule has 20 heavy (non-hydrogen) atoms. The lowest BCUT2D eigenvalue weighted by Gasteiger charge is -2.12. The summed E-state index contributed by atoms with van der Waals surface area (Å²) in [5.74, 6) is 1.60. The Kier molecular flexibility index (Phi) is 3.03. The second kappa shape index (κ2) is 4.72. The van der Waals surface area contributed by atoms with E-state index in [1.807, 2.05) is 41.8 Å². The number of hydrogen-bond acceptors (Lipinski definition) is 3. The summed E-state index contributed by atoms with van der Waals surface area (Å²) in [5.41, 5.74) is 9.19. The van der Waals surface area contributed by atoms with Crippen molar-refractivity contribution in [2.45, 2.75) is 6.92 Å². The van der Waals surface area contributed by atoms with Gasteiger partial charge in [0.2, 0.25) is 0 Å². The van der Waals surface area contributed by atoms with E-state index in [-0.39, 0.29) is 0 Å². The Balaban J connectivity index is 2.34. The lowest BCUT2D eigenvalue weighted by Crippen LogP contribution is -2.00. The van der Waals surface area contributed by atoms with Gasteiger partial charge in [-0.1, -0.05) is 11.6 Å². The van der Waals surface area contributed by atoms with Crippen molar-refractivity contribution < 1.29 is 4.74 Å². The average molecular weight is 288 g/mol. The van der Waals surface area contributed by atoms with Gasteiger partial charge in [0, 0.05) is 10.7 Å². The summed E-state index contributed by atoms with van der Waals surface area (Å²) >= 11 is 6.11. The van der Waals surface area contributed by atoms with Crippen LogP contribution in [0.2, 0.25) is 5.02 Å². The van der Waals surface area contributed by atoms with Gasteiger partial charge in [0.1, 0.15) is 11.6 Å². The fourth-order valence-electron chi connectivity index (χ4n) is 2.36. The molecular formula is C15H14ClN3O. The Morgan fingerprint density at radius 2 is 2.00 bits per heavy atom. The molecule has 3 aromatic rings. The summed E-state index contributed by atoms with van der Waals surface area (Å²) in [6.07, 6.45) is 0. The number of benzene rings is 2. The third-order valence-corrected chi connectivity index (χ3v) is 3.46. The first-order valence-corrected chi connectivity index (χ1v) is 6.56. The number of anilines is 1. The Hall–Kier alpha value is -2.20. The monoisotopic (exact) mass is 287 g/mol. The van der Waals surface area contributed by atoms with Crippen LogP contribution in [0.25, 0.3) is 16.7 Å². The molecule has 0 saturated carbocycles. The molecule has 1 aromatic heterocycles. The second-order valence-electron chi connectivity index (χ2n) is 4.56. The number of halogens is 1. The number of aryl methyl sites for hydroxylation is 1. The summed E-state index contributed by atoms with van der Waals surface area (Å²) in [4.78, 5) is 4.54. The van der Waals surface area contributed by atoms with Crippen LogP contribution in [-0.4, -0.2) is 16.7 Å². The molecule has 4 nitrogen and oxygen atoms in total. The van der Waals surface area contributed by atoms with Gasteiger partial charge in [0.05, 0.1) is 23.8 Å². The Bertz CT molecular complexity index is 795. The van der Waals surface area contributed by atoms with E-state index in [2.05, 4.69) is 4.98 Å². The van der Waals surface area contributed by atoms with Gasteiger partial charge in [0.25, 0.3) is 0 Å². The number of imidazole rings is 1. The summed E-state index contributed by atoms with van der Waals surface area (Å²) in [6, 6.07) is 11.2. The number of fused-ring (bicyclic) bond motifs is 1. The van der Waals surface area contributed by atoms with Gasteiger partial charge in [-0.15, -0.1) is 0 Å². The number of hydrogen-bond donors (Lipinski definition) is 1. The third-order valence-electron chi connectivity index (χ3n) is 3.23. The molecule has 0 amide bonds. The summed E-state index contributed by atoms with van der Waals surface area (Å²) < 4.78 is 7.43. The highest BCUT2D eigenvalue weighted by Gasteiger charge is 2.13. The molecule has 0 fully saturated rings. The van der Waals surface area contributed by atoms with Crippen molar-refractivity contribution in [1.29, 1.82) is 0 Å². The number of rotatable bonds is 2. The van der Waals surface area contributed by atoms with Crippen LogP contribution < -0.4 is 10.5 Å². The second-order valence-corrected chi connectivity index (χ2v) is 5.00. The molecule has 0 spiro atoms. The number of ether oxygens (including phenoxy) is 1. The fraction of sp³-hybridized carbons (Fsp3) is 0.133. The van der Waals surface area contributed by atoms with E-state index in [0.29, 0.717) is 10.7 Å². The van der Waals surface area contributed by atoms with Crippen LogP contribution in [0.5, 0.6) is 5.75 Å². The first kappa shape index (κ1) is 12.8. The molecule has 0 bridgehead atoms. The van der Waals surface area contributed by atoms with Crippen LogP contribution in [-0.2, 0) is 0 Å². The van der Waals surface area contributed by atoms with Crippen LogP contribution >= 0.6 is 11.6 Å². The van der Waals surface area contributed by atoms with E-state index in [0.717, 1.165) is 28.3 Å². The molecule has 2 aromatic carbocycles. The predicted octanol–water partition coefficient (Wildman–Crippen LogP) is 3.58. The first-order chi connectivity index (χ1) is 9.60. The van der Waals surface area contributed by atoms with E-state index in [1.54, 1.807) is 13.2 Å². The highest BCUT2D eigenvalue weighted by atomic mass is 35.5. The molecule has 0 radical (unpaired) electrons. The molecule has 0 unspecified atom stereocenters. The minimum atomic E-state index is 0.650. The molecule has 0 atom stereocenters. The molecule has 5 heteroatoms. The predicted molar refractivity (Wildman–Crippen MR) is 81.8 cm³/mol. The topological polar surface area (TPSA) is 53.1 Å². The van der Waals surface area contributed by atoms with Crippen LogP contribution in [0.1, 0.15) is 5.82 Å². The van der Waals surface area contributed by atoms with E-state index in [1.165, 1.54) is 0 Å². The highest BCUT2D eigenvalue weighted by molar-refractivity contribution is 6.30. The quantitative estimate of drug-likeness (QED) is 0.733. The maximum atomic E-state index is 6.11. The van der Waals surface area contributed by atoms with Gasteiger partial charge in [0.15, 0.2) is 0 Å². The summed E-state index contributed by atoms with van der Waals surface area (Å²) in [7, 11) is 1.64. The smallest absolute Gasteiger partial charge is 0.143 e. The SMILES string of the molecule is COc1ccc(Cl)cc1-n1c(C)nc2cc(N)ccc21. The van der Waals surface area contributed by atoms with Gasteiger partial charge in [-0.25, -0.2) is 4.98 Å². The molecule has 1 heterocycles. The van der Waals surface area contributed by atoms with Crippen molar-refractivity contribution in [2.75, 3.05) is 12.8 Å². The van der Waals surface area contributed by atoms with E-state index in [4.69, 9.17) is 22.1 Å². The number of methoxy groups -OCH3 is 1. The van der Waals surface area contributed by atoms with Crippen LogP contribution in [0.3, 0.4) is 0 Å². The van der Waals surface area contributed by atoms with E-state index in [9.17, 15) is 0 Å². The zero-order valence-corrected chi connectivity index (χ0v) is 12.0. The van der Waals surface area contributed by atoms with E-state index < -0.39 is 0 Å². The number of nitrogens with zero attached hydrogens (tertiary/aromatic N) is 2. The number of nitrogens with two attached hydrogens (primary N) is 1. The van der Waals surface area contributed by atoms with Gasteiger partial charge in [-0.3, -0.25) is 4.57 Å². The zero-order chi connectivity index (χ0) is 14.3. The molecule has 0 aliphatic rings. The maximum Gasteiger partial charge on any atom is 0.143 e. The number of nitrogen functional groups attached to an aromatic ring is 1. The van der Waals surface area contributed by atoms with Gasteiger partial charge >= 0.3 is 0 Å². The minimum absolute atomic E-state index is 0.650. The Labute approximate surface area is 121 Å². The normalized spacial score (nSPS) is 10.9. The average Bonchev–Trinajstić information content (AvgIpc) is 2.73. The van der Waals surface area contributed by atoms with Crippen molar-refractivity contribution >= 4 is 28.3 Å². The molecule has 0 saturated heterocycles. The number of aromatic nitrogens is 2. The standard InChI is InChI=1S/C15H14ClN3O/c1-9-18-12-8-11(17)4-5-13(12)19(9)14-7-10(16)3-6-15(14)20-2/h3-8H,17H2,1-2H3. The van der Waals surface area contributed by atoms with Crippen molar-refractivity contribution in [3.05, 3.63) is 47.2 Å². The molecule has 2 N–H and O–H groups in total. The van der Waals surface area contributed by atoms with Crippen molar-refractivity contribution in [2.24, 2.45) is 0 Å². The van der Waals surface area contributed by atoms with E-state index >= 15 is 0 Å². The largest absolute Gasteiger partial charge is 0.495 e. The lowest BCUT2D eigenvalue weighted by atomic mass is 10.2. The lowest BCUT2D eigenvalue weighted by molar-refractivity contribution is 0.413. The minimum Gasteiger partial charge on any atom is -0.495 e. The fourth-order valence-corrected chi connectivity index (χ4v) is 2.53. The molecule has 0 aliphatic heterocycles. The van der Waals surface area contributed by atoms with Crippen LogP contribution in [0.4, 0.5) is 5.69 Å². The highest BCUT2D eigenvalue weighted by Crippen LogP contribution is 2.31. The van der Waals surface area contributed by atoms with Gasteiger partial charge in [-0.2, -0.15) is 0 Å². The molecule has 0 aliphatic carbocycles. The Morgan fingerprint density at radius 3 is 2.75 bits per heavy atom. The first-order valence-electron chi connectivity index (χ1n) is 6.18. The summed E-state index contributed by atoms with van der Waals surface area (Å²) in [6.45, 7) is 1.94. The van der Waals surface area contributed by atoms with Crippen molar-refractivity contribution in [1.82, 2.24) is 9.55 Å². The van der Waals surface area contributed by atoms with Crippen LogP contribution in [0.15, 0.2) is 36.4 Å². The van der Waals surface area contributed by atoms with Gasteiger partial charge < -0.3 is 10.5 Å². The third kappa shape index (κ3) is 1.98. The van der Waals surface area contributed by atoms with Gasteiger partial charge in [-0.05, 0) is 43.3 Å². The van der Waals surface area contributed by atoms with Crippen molar-refractivity contribution in [3.63, 3.8) is 0 Å². The molecular weight excluding hydrogens is 274 g/mol.